The zero-order chi connectivity index (χ0) is 11.5. The predicted molar refractivity (Wildman–Crippen MR) is 74.0 cm³/mol. The van der Waals surface area contributed by atoms with Crippen molar-refractivity contribution in [3.8, 4) is 0 Å². The van der Waals surface area contributed by atoms with Gasteiger partial charge in [0.05, 0.1) is 16.6 Å². The highest BCUT2D eigenvalue weighted by atomic mass is 32.1. The quantitative estimate of drug-likeness (QED) is 0.767. The molecule has 1 aliphatic heterocycles. The summed E-state index contributed by atoms with van der Waals surface area (Å²) >= 11 is 1.68. The minimum atomic E-state index is 0.150. The van der Waals surface area contributed by atoms with Crippen LogP contribution in [-0.2, 0) is 6.42 Å². The van der Waals surface area contributed by atoms with Crippen molar-refractivity contribution >= 4 is 29.5 Å². The van der Waals surface area contributed by atoms with Crippen molar-refractivity contribution in [3.05, 3.63) is 52.2 Å². The molecule has 1 unspecified atom stereocenters. The molecular weight excluding hydrogens is 228 g/mol. The first kappa shape index (κ1) is 10.4. The molecule has 0 radical (unpaired) electrons. The second-order valence-corrected chi connectivity index (χ2v) is 4.93. The van der Waals surface area contributed by atoms with E-state index in [4.69, 9.17) is 0 Å². The maximum atomic E-state index is 4.57. The Balaban J connectivity index is 1.79. The average Bonchev–Trinajstić information content (AvgIpc) is 2.74. The second-order valence-electron chi connectivity index (χ2n) is 3.98. The molecule has 0 bridgehead atoms. The Morgan fingerprint density at radius 1 is 1.12 bits per heavy atom. The predicted octanol–water partition coefficient (Wildman–Crippen LogP) is 3.49. The SMILES string of the molecule is C1=Nc2ccsc2C=NC1Cc1ccccc1. The fourth-order valence-corrected chi connectivity index (χ4v) is 2.55. The Bertz CT molecular complexity index is 526. The Labute approximate surface area is 104 Å². The summed E-state index contributed by atoms with van der Waals surface area (Å²) in [4.78, 5) is 10.2. The monoisotopic (exact) mass is 240 g/mol. The fourth-order valence-electron chi connectivity index (χ4n) is 1.85. The van der Waals surface area contributed by atoms with Crippen LogP contribution >= 0.6 is 11.3 Å². The van der Waals surface area contributed by atoms with E-state index in [2.05, 4.69) is 34.3 Å². The van der Waals surface area contributed by atoms with Crippen molar-refractivity contribution in [2.45, 2.75) is 12.5 Å². The van der Waals surface area contributed by atoms with Gasteiger partial charge in [-0.05, 0) is 23.4 Å². The van der Waals surface area contributed by atoms with Gasteiger partial charge in [-0.15, -0.1) is 11.3 Å². The summed E-state index contributed by atoms with van der Waals surface area (Å²) in [5.41, 5.74) is 2.33. The largest absolute Gasteiger partial charge is 0.282 e. The second kappa shape index (κ2) is 4.63. The maximum Gasteiger partial charge on any atom is 0.0891 e. The van der Waals surface area contributed by atoms with Crippen LogP contribution < -0.4 is 0 Å². The summed E-state index contributed by atoms with van der Waals surface area (Å²) in [6.45, 7) is 0. The highest BCUT2D eigenvalue weighted by Gasteiger charge is 2.09. The van der Waals surface area contributed by atoms with Gasteiger partial charge in [0.15, 0.2) is 0 Å². The van der Waals surface area contributed by atoms with Gasteiger partial charge in [-0.1, -0.05) is 30.3 Å². The summed E-state index contributed by atoms with van der Waals surface area (Å²) in [6.07, 6.45) is 4.80. The first-order valence-corrected chi connectivity index (χ1v) is 6.48. The molecule has 3 heteroatoms. The van der Waals surface area contributed by atoms with Crippen molar-refractivity contribution in [2.75, 3.05) is 0 Å². The van der Waals surface area contributed by atoms with E-state index in [1.807, 2.05) is 29.9 Å². The van der Waals surface area contributed by atoms with E-state index >= 15 is 0 Å². The molecule has 0 saturated heterocycles. The molecule has 0 N–H and O–H groups in total. The van der Waals surface area contributed by atoms with Crippen molar-refractivity contribution in [2.24, 2.45) is 9.98 Å². The van der Waals surface area contributed by atoms with Crippen LogP contribution in [0.4, 0.5) is 5.69 Å². The van der Waals surface area contributed by atoms with E-state index in [-0.39, 0.29) is 6.04 Å². The van der Waals surface area contributed by atoms with Crippen LogP contribution in [0.3, 0.4) is 0 Å². The van der Waals surface area contributed by atoms with E-state index in [1.165, 1.54) is 5.56 Å². The number of fused-ring (bicyclic) bond motifs is 1. The molecule has 1 atom stereocenters. The lowest BCUT2D eigenvalue weighted by Gasteiger charge is -2.05. The Kier molecular flexibility index (Phi) is 2.84. The topological polar surface area (TPSA) is 24.7 Å². The van der Waals surface area contributed by atoms with E-state index in [9.17, 15) is 0 Å². The van der Waals surface area contributed by atoms with Gasteiger partial charge in [0, 0.05) is 12.4 Å². The smallest absolute Gasteiger partial charge is 0.0891 e. The summed E-state index contributed by atoms with van der Waals surface area (Å²) < 4.78 is 0. The third-order valence-corrected chi connectivity index (χ3v) is 3.57. The molecule has 0 amide bonds. The van der Waals surface area contributed by atoms with Crippen molar-refractivity contribution < 1.29 is 0 Å². The van der Waals surface area contributed by atoms with E-state index in [0.29, 0.717) is 0 Å². The third-order valence-electron chi connectivity index (χ3n) is 2.73. The standard InChI is InChI=1S/C14H12N2S/c1-2-4-11(5-3-1)8-12-9-16-13-6-7-17-14(13)10-15-12/h1-7,9-10,12H,8H2. The van der Waals surface area contributed by atoms with Gasteiger partial charge in [-0.3, -0.25) is 9.98 Å². The van der Waals surface area contributed by atoms with E-state index in [1.54, 1.807) is 11.3 Å². The molecule has 2 nitrogen and oxygen atoms in total. The lowest BCUT2D eigenvalue weighted by Crippen LogP contribution is -2.09. The Morgan fingerprint density at radius 2 is 2.00 bits per heavy atom. The first-order chi connectivity index (χ1) is 8.42. The van der Waals surface area contributed by atoms with Gasteiger partial charge in [-0.25, -0.2) is 0 Å². The van der Waals surface area contributed by atoms with Crippen LogP contribution in [0.2, 0.25) is 0 Å². The number of thiophene rings is 1. The molecular formula is C14H12N2S. The fraction of sp³-hybridized carbons (Fsp3) is 0.143. The molecule has 2 aromatic rings. The normalized spacial score (nSPS) is 17.8. The molecule has 0 aliphatic carbocycles. The van der Waals surface area contributed by atoms with Crippen molar-refractivity contribution in [3.63, 3.8) is 0 Å². The van der Waals surface area contributed by atoms with Gasteiger partial charge in [0.2, 0.25) is 0 Å². The van der Waals surface area contributed by atoms with Gasteiger partial charge < -0.3 is 0 Å². The molecule has 0 fully saturated rings. The lowest BCUT2D eigenvalue weighted by molar-refractivity contribution is 0.872. The molecule has 0 spiro atoms. The van der Waals surface area contributed by atoms with Gasteiger partial charge in [0.25, 0.3) is 0 Å². The van der Waals surface area contributed by atoms with Crippen LogP contribution in [0.5, 0.6) is 0 Å². The van der Waals surface area contributed by atoms with Crippen LogP contribution in [0.25, 0.3) is 0 Å². The van der Waals surface area contributed by atoms with Crippen LogP contribution in [0.1, 0.15) is 10.4 Å². The zero-order valence-electron chi connectivity index (χ0n) is 9.28. The van der Waals surface area contributed by atoms with Crippen LogP contribution in [-0.4, -0.2) is 18.5 Å². The summed E-state index contributed by atoms with van der Waals surface area (Å²) in [5, 5.41) is 2.05. The molecule has 84 valence electrons. The highest BCUT2D eigenvalue weighted by molar-refractivity contribution is 7.12. The van der Waals surface area contributed by atoms with E-state index in [0.717, 1.165) is 17.0 Å². The molecule has 1 aromatic heterocycles. The molecule has 1 aliphatic rings. The summed E-state index contributed by atoms with van der Waals surface area (Å²) in [5.74, 6) is 0. The maximum absolute atomic E-state index is 4.57. The number of benzene rings is 1. The highest BCUT2D eigenvalue weighted by Crippen LogP contribution is 2.25. The molecule has 1 aromatic carbocycles. The minimum Gasteiger partial charge on any atom is -0.282 e. The van der Waals surface area contributed by atoms with Gasteiger partial charge in [0.1, 0.15) is 0 Å². The van der Waals surface area contributed by atoms with Crippen LogP contribution in [0, 0.1) is 0 Å². The number of hydrogen-bond acceptors (Lipinski definition) is 3. The number of nitrogens with zero attached hydrogens (tertiary/aromatic N) is 2. The van der Waals surface area contributed by atoms with E-state index < -0.39 is 0 Å². The zero-order valence-corrected chi connectivity index (χ0v) is 10.1. The summed E-state index contributed by atoms with van der Waals surface area (Å²) in [6, 6.07) is 12.6. The van der Waals surface area contributed by atoms with Gasteiger partial charge in [-0.2, -0.15) is 0 Å². The van der Waals surface area contributed by atoms with Crippen molar-refractivity contribution in [1.82, 2.24) is 0 Å². The molecule has 17 heavy (non-hydrogen) atoms. The third kappa shape index (κ3) is 2.34. The van der Waals surface area contributed by atoms with Crippen LogP contribution in [0.15, 0.2) is 51.8 Å². The van der Waals surface area contributed by atoms with Crippen molar-refractivity contribution in [1.29, 1.82) is 0 Å². The van der Waals surface area contributed by atoms with Gasteiger partial charge >= 0.3 is 0 Å². The molecule has 2 heterocycles. The minimum absolute atomic E-state index is 0.150. The number of aliphatic imine (C=N–C) groups is 2. The summed E-state index contributed by atoms with van der Waals surface area (Å²) in [7, 11) is 0. The Morgan fingerprint density at radius 3 is 2.88 bits per heavy atom. The molecule has 0 saturated carbocycles. The Hall–Kier alpha value is -1.74. The average molecular weight is 240 g/mol. The number of hydrogen-bond donors (Lipinski definition) is 0. The number of rotatable bonds is 2. The first-order valence-electron chi connectivity index (χ1n) is 5.60. The lowest BCUT2D eigenvalue weighted by atomic mass is 10.1. The molecule has 3 rings (SSSR count).